The smallest absolute Gasteiger partial charge is 0.240 e. The van der Waals surface area contributed by atoms with Gasteiger partial charge in [-0.3, -0.25) is 4.79 Å². The first-order valence-corrected chi connectivity index (χ1v) is 8.91. The van der Waals surface area contributed by atoms with Crippen molar-refractivity contribution in [1.82, 2.24) is 4.72 Å². The number of ketones is 1. The molecule has 0 bridgehead atoms. The maximum Gasteiger partial charge on any atom is 0.240 e. The molecule has 0 unspecified atom stereocenters. The number of hydrogen-bond acceptors (Lipinski definition) is 4. The Morgan fingerprint density at radius 1 is 1.08 bits per heavy atom. The Morgan fingerprint density at radius 3 is 2.25 bits per heavy atom. The number of ether oxygens (including phenoxy) is 1. The monoisotopic (exact) mass is 345 g/mol. The van der Waals surface area contributed by atoms with Gasteiger partial charge in [0.2, 0.25) is 10.0 Å². The van der Waals surface area contributed by atoms with E-state index in [1.54, 1.807) is 20.1 Å². The molecule has 2 aromatic carbocycles. The highest BCUT2D eigenvalue weighted by atomic mass is 32.2. The summed E-state index contributed by atoms with van der Waals surface area (Å²) in [6.45, 7) is 2.02. The lowest BCUT2D eigenvalue weighted by molar-refractivity contribution is 0.104. The molecular weight excluding hydrogens is 326 g/mol. The van der Waals surface area contributed by atoms with Crippen LogP contribution in [0.5, 0.6) is 5.75 Å². The van der Waals surface area contributed by atoms with Gasteiger partial charge in [-0.2, -0.15) is 0 Å². The second-order valence-corrected chi connectivity index (χ2v) is 6.76. The van der Waals surface area contributed by atoms with Crippen LogP contribution >= 0.6 is 0 Å². The Kier molecular flexibility index (Phi) is 5.89. The molecule has 126 valence electrons. The number of nitrogens with one attached hydrogen (secondary N) is 1. The van der Waals surface area contributed by atoms with Crippen LogP contribution in [0.2, 0.25) is 0 Å². The van der Waals surface area contributed by atoms with Gasteiger partial charge < -0.3 is 4.74 Å². The summed E-state index contributed by atoms with van der Waals surface area (Å²) in [4.78, 5) is 12.3. The van der Waals surface area contributed by atoms with Gasteiger partial charge >= 0.3 is 0 Å². The largest absolute Gasteiger partial charge is 0.497 e. The molecular formula is C18H19NO4S. The minimum absolute atomic E-state index is 0.139. The van der Waals surface area contributed by atoms with Gasteiger partial charge in [-0.05, 0) is 48.0 Å². The molecule has 2 rings (SSSR count). The van der Waals surface area contributed by atoms with Crippen LogP contribution in [0, 0.1) is 0 Å². The molecule has 0 saturated heterocycles. The van der Waals surface area contributed by atoms with E-state index in [0.29, 0.717) is 12.1 Å². The third-order valence-corrected chi connectivity index (χ3v) is 4.89. The third kappa shape index (κ3) is 4.53. The van der Waals surface area contributed by atoms with Crippen molar-refractivity contribution in [1.29, 1.82) is 0 Å². The third-order valence-electron chi connectivity index (χ3n) is 3.33. The molecule has 5 nitrogen and oxygen atoms in total. The summed E-state index contributed by atoms with van der Waals surface area (Å²) in [6, 6.07) is 13.2. The zero-order valence-electron chi connectivity index (χ0n) is 13.5. The highest BCUT2D eigenvalue weighted by molar-refractivity contribution is 7.89. The van der Waals surface area contributed by atoms with E-state index < -0.39 is 10.0 Å². The number of sulfonamides is 1. The van der Waals surface area contributed by atoms with E-state index in [2.05, 4.69) is 4.72 Å². The van der Waals surface area contributed by atoms with Gasteiger partial charge in [0.05, 0.1) is 12.0 Å². The minimum Gasteiger partial charge on any atom is -0.497 e. The van der Waals surface area contributed by atoms with Gasteiger partial charge in [-0.15, -0.1) is 0 Å². The molecule has 6 heteroatoms. The van der Waals surface area contributed by atoms with Gasteiger partial charge in [0.15, 0.2) is 5.78 Å². The first kappa shape index (κ1) is 17.9. The van der Waals surface area contributed by atoms with E-state index >= 15 is 0 Å². The summed E-state index contributed by atoms with van der Waals surface area (Å²) in [5.41, 5.74) is 1.30. The number of benzene rings is 2. The van der Waals surface area contributed by atoms with Crippen LogP contribution in [0.4, 0.5) is 0 Å². The summed E-state index contributed by atoms with van der Waals surface area (Å²) >= 11 is 0. The number of methoxy groups -OCH3 is 1. The summed E-state index contributed by atoms with van der Waals surface area (Å²) in [7, 11) is -1.91. The van der Waals surface area contributed by atoms with Crippen molar-refractivity contribution in [2.45, 2.75) is 11.8 Å². The molecule has 2 aromatic rings. The van der Waals surface area contributed by atoms with Crippen LogP contribution in [0.1, 0.15) is 22.8 Å². The number of allylic oxidation sites excluding steroid dienone is 1. The van der Waals surface area contributed by atoms with Gasteiger partial charge in [0.25, 0.3) is 0 Å². The summed E-state index contributed by atoms with van der Waals surface area (Å²) in [5, 5.41) is 0. The standard InChI is InChI=1S/C18H19NO4S/c1-3-19-24(21,22)17-11-7-15(8-12-17)18(20)13-6-14-4-9-16(23-2)10-5-14/h4-13,19H,3H2,1-2H3. The van der Waals surface area contributed by atoms with Gasteiger partial charge in [0, 0.05) is 12.1 Å². The number of carbonyl (C=O) groups is 1. The van der Waals surface area contributed by atoms with Crippen LogP contribution in [0.3, 0.4) is 0 Å². The van der Waals surface area contributed by atoms with E-state index in [1.807, 2.05) is 24.3 Å². The second-order valence-electron chi connectivity index (χ2n) is 5.00. The number of hydrogen-bond donors (Lipinski definition) is 1. The lowest BCUT2D eigenvalue weighted by Gasteiger charge is -2.04. The lowest BCUT2D eigenvalue weighted by Crippen LogP contribution is -2.23. The molecule has 24 heavy (non-hydrogen) atoms. The molecule has 0 radical (unpaired) electrons. The van der Waals surface area contributed by atoms with E-state index in [-0.39, 0.29) is 10.7 Å². The Morgan fingerprint density at radius 2 is 1.71 bits per heavy atom. The highest BCUT2D eigenvalue weighted by Gasteiger charge is 2.12. The second kappa shape index (κ2) is 7.90. The Labute approximate surface area is 142 Å². The Hall–Kier alpha value is -2.44. The van der Waals surface area contributed by atoms with Crippen molar-refractivity contribution in [2.24, 2.45) is 0 Å². The lowest BCUT2D eigenvalue weighted by atomic mass is 10.1. The van der Waals surface area contributed by atoms with E-state index in [0.717, 1.165) is 11.3 Å². The molecule has 0 fully saturated rings. The predicted octanol–water partition coefficient (Wildman–Crippen LogP) is 2.89. The molecule has 0 aliphatic rings. The van der Waals surface area contributed by atoms with Gasteiger partial charge in [0.1, 0.15) is 5.75 Å². The molecule has 0 atom stereocenters. The van der Waals surface area contributed by atoms with Gasteiger partial charge in [-0.25, -0.2) is 13.1 Å². The minimum atomic E-state index is -3.51. The van der Waals surface area contributed by atoms with Crippen LogP contribution in [0.25, 0.3) is 6.08 Å². The van der Waals surface area contributed by atoms with E-state index in [9.17, 15) is 13.2 Å². The number of carbonyl (C=O) groups excluding carboxylic acids is 1. The van der Waals surface area contributed by atoms with Crippen LogP contribution in [-0.2, 0) is 10.0 Å². The SMILES string of the molecule is CCNS(=O)(=O)c1ccc(C(=O)C=Cc2ccc(OC)cc2)cc1. The Balaban J connectivity index is 2.10. The summed E-state index contributed by atoms with van der Waals surface area (Å²) < 4.78 is 31.2. The van der Waals surface area contributed by atoms with Crippen molar-refractivity contribution in [3.8, 4) is 5.75 Å². The van der Waals surface area contributed by atoms with Crippen LogP contribution < -0.4 is 9.46 Å². The first-order chi connectivity index (χ1) is 11.5. The fraction of sp³-hybridized carbons (Fsp3) is 0.167. The molecule has 0 heterocycles. The Bertz CT molecular complexity index is 822. The van der Waals surface area contributed by atoms with Crippen LogP contribution in [-0.4, -0.2) is 27.9 Å². The maximum atomic E-state index is 12.2. The summed E-state index contributed by atoms with van der Waals surface area (Å²) in [5.74, 6) is 0.550. The van der Waals surface area contributed by atoms with Crippen molar-refractivity contribution in [3.63, 3.8) is 0 Å². The van der Waals surface area contributed by atoms with E-state index in [1.165, 1.54) is 30.3 Å². The van der Waals surface area contributed by atoms with Crippen molar-refractivity contribution in [2.75, 3.05) is 13.7 Å². The van der Waals surface area contributed by atoms with Crippen molar-refractivity contribution in [3.05, 3.63) is 65.7 Å². The fourth-order valence-corrected chi connectivity index (χ4v) is 3.10. The molecule has 0 aliphatic carbocycles. The molecule has 1 N–H and O–H groups in total. The predicted molar refractivity (Wildman–Crippen MR) is 93.7 cm³/mol. The average molecular weight is 345 g/mol. The average Bonchev–Trinajstić information content (AvgIpc) is 2.60. The summed E-state index contributed by atoms with van der Waals surface area (Å²) in [6.07, 6.45) is 3.15. The van der Waals surface area contributed by atoms with Crippen LogP contribution in [0.15, 0.2) is 59.5 Å². The van der Waals surface area contributed by atoms with Gasteiger partial charge in [-0.1, -0.05) is 25.1 Å². The molecule has 0 aromatic heterocycles. The van der Waals surface area contributed by atoms with Crippen molar-refractivity contribution >= 4 is 21.9 Å². The first-order valence-electron chi connectivity index (χ1n) is 7.42. The normalized spacial score (nSPS) is 11.6. The fourth-order valence-electron chi connectivity index (χ4n) is 2.05. The zero-order chi connectivity index (χ0) is 17.6. The highest BCUT2D eigenvalue weighted by Crippen LogP contribution is 2.14. The quantitative estimate of drug-likeness (QED) is 0.619. The van der Waals surface area contributed by atoms with Crippen molar-refractivity contribution < 1.29 is 17.9 Å². The molecule has 0 saturated carbocycles. The number of rotatable bonds is 7. The molecule has 0 spiro atoms. The molecule has 0 aliphatic heterocycles. The maximum absolute atomic E-state index is 12.2. The van der Waals surface area contributed by atoms with E-state index in [4.69, 9.17) is 4.74 Å². The topological polar surface area (TPSA) is 72.5 Å². The zero-order valence-corrected chi connectivity index (χ0v) is 14.3. The molecule has 0 amide bonds.